The predicted octanol–water partition coefficient (Wildman–Crippen LogP) is 5.24. The second-order valence-electron chi connectivity index (χ2n) is 11.6. The van der Waals surface area contributed by atoms with Crippen molar-refractivity contribution < 1.29 is 33.8 Å². The van der Waals surface area contributed by atoms with Crippen LogP contribution in [0, 0.1) is 17.3 Å². The summed E-state index contributed by atoms with van der Waals surface area (Å²) in [5.74, 6) is -1.66. The van der Waals surface area contributed by atoms with Crippen molar-refractivity contribution in [3.8, 4) is 17.2 Å². The number of ketones is 1. The highest BCUT2D eigenvalue weighted by molar-refractivity contribution is 6.04. The number of ether oxygens (including phenoxy) is 3. The first-order valence-electron chi connectivity index (χ1n) is 14.2. The van der Waals surface area contributed by atoms with Crippen molar-refractivity contribution in [2.75, 3.05) is 21.3 Å². The molecular weight excluding hydrogens is 550 g/mol. The molecule has 3 aromatic rings. The van der Waals surface area contributed by atoms with E-state index in [0.29, 0.717) is 42.2 Å². The average Bonchev–Trinajstić information content (AvgIpc) is 3.43. The van der Waals surface area contributed by atoms with E-state index in [9.17, 15) is 19.6 Å². The molecule has 0 aliphatic rings. The molecule has 10 nitrogen and oxygen atoms in total. The third kappa shape index (κ3) is 7.95. The van der Waals surface area contributed by atoms with Gasteiger partial charge in [-0.05, 0) is 60.9 Å². The number of amides is 2. The van der Waals surface area contributed by atoms with Gasteiger partial charge in [-0.25, -0.2) is 5.48 Å². The smallest absolute Gasteiger partial charge is 0.247 e. The SMILES string of the molecule is C=CC[C@H](C(=O)NO)[C@H](CCCc1cc(OC)c(OC)c(OC)c1)C(=O)N[C@H](C(=O)c1cc2ccccc2[nH]1)C(C)(C)C. The van der Waals surface area contributed by atoms with E-state index >= 15 is 0 Å². The van der Waals surface area contributed by atoms with Crippen LogP contribution in [0.25, 0.3) is 10.9 Å². The summed E-state index contributed by atoms with van der Waals surface area (Å²) in [6, 6.07) is 12.1. The minimum atomic E-state index is -0.897. The largest absolute Gasteiger partial charge is 0.493 e. The Bertz CT molecular complexity index is 1380. The number of Topliss-reactive ketones (excluding diaryl/α,β-unsaturated/α-hetero) is 1. The number of H-pyrrole nitrogens is 1. The summed E-state index contributed by atoms with van der Waals surface area (Å²) in [4.78, 5) is 43.6. The molecule has 0 saturated heterocycles. The lowest BCUT2D eigenvalue weighted by Gasteiger charge is -2.33. The molecular formula is C33H43N3O7. The number of hydrogen-bond donors (Lipinski definition) is 4. The van der Waals surface area contributed by atoms with Crippen LogP contribution < -0.4 is 25.0 Å². The van der Waals surface area contributed by atoms with Crippen molar-refractivity contribution in [2.45, 2.75) is 52.5 Å². The number of methoxy groups -OCH3 is 3. The Morgan fingerprint density at radius 1 is 0.977 bits per heavy atom. The van der Waals surface area contributed by atoms with Crippen molar-refractivity contribution >= 4 is 28.5 Å². The average molecular weight is 594 g/mol. The second-order valence-corrected chi connectivity index (χ2v) is 11.6. The van der Waals surface area contributed by atoms with Crippen molar-refractivity contribution in [1.29, 1.82) is 0 Å². The van der Waals surface area contributed by atoms with E-state index in [4.69, 9.17) is 14.2 Å². The number of carbonyl (C=O) groups excluding carboxylic acids is 3. The zero-order valence-corrected chi connectivity index (χ0v) is 25.8. The Kier molecular flexibility index (Phi) is 11.4. The van der Waals surface area contributed by atoms with E-state index in [-0.39, 0.29) is 12.2 Å². The maximum Gasteiger partial charge on any atom is 0.247 e. The van der Waals surface area contributed by atoms with Gasteiger partial charge < -0.3 is 24.5 Å². The van der Waals surface area contributed by atoms with Gasteiger partial charge in [-0.15, -0.1) is 6.58 Å². The van der Waals surface area contributed by atoms with Crippen molar-refractivity contribution in [2.24, 2.45) is 17.3 Å². The van der Waals surface area contributed by atoms with E-state index < -0.39 is 35.1 Å². The number of rotatable bonds is 15. The van der Waals surface area contributed by atoms with Gasteiger partial charge in [0.1, 0.15) is 0 Å². The van der Waals surface area contributed by atoms with E-state index in [1.54, 1.807) is 11.5 Å². The van der Waals surface area contributed by atoms with Gasteiger partial charge in [-0.1, -0.05) is 45.0 Å². The fourth-order valence-electron chi connectivity index (χ4n) is 5.32. The van der Waals surface area contributed by atoms with Crippen molar-refractivity contribution in [3.63, 3.8) is 0 Å². The molecule has 43 heavy (non-hydrogen) atoms. The molecule has 1 heterocycles. The number of allylic oxidation sites excluding steroid dienone is 1. The predicted molar refractivity (Wildman–Crippen MR) is 165 cm³/mol. The molecule has 0 radical (unpaired) electrons. The topological polar surface area (TPSA) is 139 Å². The third-order valence-corrected chi connectivity index (χ3v) is 7.61. The number of para-hydroxylation sites is 1. The summed E-state index contributed by atoms with van der Waals surface area (Å²) in [7, 11) is 4.61. The zero-order valence-electron chi connectivity index (χ0n) is 25.8. The molecule has 2 amide bonds. The fraction of sp³-hybridized carbons (Fsp3) is 0.424. The van der Waals surface area contributed by atoms with E-state index in [1.165, 1.54) is 27.4 Å². The summed E-state index contributed by atoms with van der Waals surface area (Å²) in [6.45, 7) is 9.36. The highest BCUT2D eigenvalue weighted by atomic mass is 16.5. The monoisotopic (exact) mass is 593 g/mol. The van der Waals surface area contributed by atoms with Gasteiger partial charge in [0.15, 0.2) is 11.5 Å². The molecule has 1 aromatic heterocycles. The summed E-state index contributed by atoms with van der Waals surface area (Å²) >= 11 is 0. The lowest BCUT2D eigenvalue weighted by molar-refractivity contribution is -0.140. The molecule has 0 spiro atoms. The van der Waals surface area contributed by atoms with Gasteiger partial charge in [0, 0.05) is 16.8 Å². The molecule has 0 unspecified atom stereocenters. The molecule has 2 aromatic carbocycles. The Balaban J connectivity index is 1.89. The van der Waals surface area contributed by atoms with Gasteiger partial charge in [-0.3, -0.25) is 19.6 Å². The van der Waals surface area contributed by atoms with Crippen molar-refractivity contribution in [1.82, 2.24) is 15.8 Å². The number of hydrogen-bond acceptors (Lipinski definition) is 7. The summed E-state index contributed by atoms with van der Waals surface area (Å²) in [6.07, 6.45) is 3.05. The Morgan fingerprint density at radius 3 is 2.16 bits per heavy atom. The highest BCUT2D eigenvalue weighted by Crippen LogP contribution is 2.39. The van der Waals surface area contributed by atoms with E-state index in [1.807, 2.05) is 57.2 Å². The normalized spacial score (nSPS) is 13.5. The van der Waals surface area contributed by atoms with Gasteiger partial charge in [0.2, 0.25) is 23.3 Å². The molecule has 232 valence electrons. The first-order valence-corrected chi connectivity index (χ1v) is 14.2. The molecule has 4 N–H and O–H groups in total. The summed E-state index contributed by atoms with van der Waals surface area (Å²) < 4.78 is 16.3. The van der Waals surface area contributed by atoms with Crippen LogP contribution in [0.2, 0.25) is 0 Å². The van der Waals surface area contributed by atoms with Gasteiger partial charge in [-0.2, -0.15) is 0 Å². The number of nitrogens with one attached hydrogen (secondary N) is 3. The summed E-state index contributed by atoms with van der Waals surface area (Å²) in [5.41, 5.74) is 3.15. The molecule has 3 rings (SSSR count). The van der Waals surface area contributed by atoms with Crippen LogP contribution in [-0.4, -0.2) is 55.2 Å². The number of aromatic amines is 1. The number of aryl methyl sites for hydroxylation is 1. The lowest BCUT2D eigenvalue weighted by Crippen LogP contribution is -2.52. The lowest BCUT2D eigenvalue weighted by atomic mass is 9.80. The second kappa shape index (κ2) is 14.7. The van der Waals surface area contributed by atoms with Crippen LogP contribution in [0.4, 0.5) is 0 Å². The number of aromatic nitrogens is 1. The molecule has 0 bridgehead atoms. The maximum atomic E-state index is 13.9. The van der Waals surface area contributed by atoms with Crippen LogP contribution in [0.3, 0.4) is 0 Å². The van der Waals surface area contributed by atoms with Gasteiger partial charge in [0.05, 0.1) is 39.0 Å². The minimum Gasteiger partial charge on any atom is -0.493 e. The first kappa shape index (κ1) is 33.2. The molecule has 10 heteroatoms. The van der Waals surface area contributed by atoms with Crippen molar-refractivity contribution in [3.05, 3.63) is 66.4 Å². The molecule has 0 fully saturated rings. The Labute approximate surface area is 252 Å². The van der Waals surface area contributed by atoms with Crippen LogP contribution in [0.5, 0.6) is 17.2 Å². The molecule has 0 saturated carbocycles. The Morgan fingerprint density at radius 2 is 1.63 bits per heavy atom. The summed E-state index contributed by atoms with van der Waals surface area (Å²) in [5, 5.41) is 13.3. The molecule has 0 aliphatic heterocycles. The van der Waals surface area contributed by atoms with Crippen LogP contribution in [0.1, 0.15) is 56.1 Å². The zero-order chi connectivity index (χ0) is 31.7. The van der Waals surface area contributed by atoms with E-state index in [2.05, 4.69) is 16.9 Å². The fourth-order valence-corrected chi connectivity index (χ4v) is 5.32. The maximum absolute atomic E-state index is 13.9. The first-order chi connectivity index (χ1) is 20.5. The van der Waals surface area contributed by atoms with Crippen LogP contribution in [0.15, 0.2) is 55.1 Å². The third-order valence-electron chi connectivity index (χ3n) is 7.61. The number of fused-ring (bicyclic) bond motifs is 1. The number of benzene rings is 2. The highest BCUT2D eigenvalue weighted by Gasteiger charge is 2.39. The van der Waals surface area contributed by atoms with E-state index in [0.717, 1.165) is 16.5 Å². The van der Waals surface area contributed by atoms with Crippen LogP contribution in [-0.2, 0) is 16.0 Å². The van der Waals surface area contributed by atoms with Crippen LogP contribution >= 0.6 is 0 Å². The molecule has 0 aliphatic carbocycles. The number of hydroxylamine groups is 1. The number of carbonyl (C=O) groups is 3. The van der Waals surface area contributed by atoms with Gasteiger partial charge in [0.25, 0.3) is 0 Å². The Hall–Kier alpha value is -4.31. The molecule has 3 atom stereocenters. The van der Waals surface area contributed by atoms with Gasteiger partial charge >= 0.3 is 0 Å². The quantitative estimate of drug-likeness (QED) is 0.0818. The minimum absolute atomic E-state index is 0.158. The standard InChI is InChI=1S/C33H43N3O7/c1-8-12-22(32(39)36-40)23(15-11-13-20-17-26(41-5)29(43-7)27(18-20)42-6)31(38)35-30(33(2,3)4)28(37)25-19-21-14-9-10-16-24(21)34-25/h8-10,14,16-19,22-23,30,34,40H,1,11-13,15H2,2-7H3,(H,35,38)(H,36,39)/t22-,23-,30+/m0/s1.